The van der Waals surface area contributed by atoms with Crippen molar-refractivity contribution in [1.82, 2.24) is 19.7 Å². The fourth-order valence-corrected chi connectivity index (χ4v) is 4.74. The van der Waals surface area contributed by atoms with E-state index in [1.165, 1.54) is 12.8 Å². The number of aryl methyl sites for hydroxylation is 1. The van der Waals surface area contributed by atoms with Crippen LogP contribution < -0.4 is 5.32 Å². The van der Waals surface area contributed by atoms with E-state index in [-0.39, 0.29) is 5.82 Å². The molecule has 5 heterocycles. The molecule has 5 rings (SSSR count). The van der Waals surface area contributed by atoms with E-state index in [1.807, 2.05) is 19.3 Å². The number of nitrogens with one attached hydrogen (secondary N) is 1. The van der Waals surface area contributed by atoms with Gasteiger partial charge in [0.25, 0.3) is 0 Å². The molecule has 0 aliphatic carbocycles. The Hall–Kier alpha value is -2.31. The molecule has 0 saturated carbocycles. The van der Waals surface area contributed by atoms with E-state index < -0.39 is 0 Å². The summed E-state index contributed by atoms with van der Waals surface area (Å²) < 4.78 is 16.2. The third-order valence-electron chi connectivity index (χ3n) is 5.03. The van der Waals surface area contributed by atoms with E-state index in [1.54, 1.807) is 21.8 Å². The van der Waals surface area contributed by atoms with Crippen molar-refractivity contribution >= 4 is 27.2 Å². The van der Waals surface area contributed by atoms with E-state index in [9.17, 15) is 4.39 Å². The Balaban J connectivity index is 1.57. The van der Waals surface area contributed by atoms with Crippen molar-refractivity contribution < 1.29 is 4.39 Å². The number of hydrogen-bond donors (Lipinski definition) is 1. The zero-order valence-electron chi connectivity index (χ0n) is 14.5. The minimum atomic E-state index is -0.296. The number of hydrogen-bond acceptors (Lipinski definition) is 4. The lowest BCUT2D eigenvalue weighted by Gasteiger charge is -2.22. The number of rotatable bonds is 2. The van der Waals surface area contributed by atoms with Crippen molar-refractivity contribution in [1.29, 1.82) is 0 Å². The van der Waals surface area contributed by atoms with E-state index in [0.29, 0.717) is 11.6 Å². The molecule has 1 aliphatic rings. The van der Waals surface area contributed by atoms with Crippen LogP contribution in [0.2, 0.25) is 0 Å². The van der Waals surface area contributed by atoms with Crippen molar-refractivity contribution in [3.63, 3.8) is 0 Å². The van der Waals surface area contributed by atoms with Crippen LogP contribution in [-0.4, -0.2) is 27.5 Å². The van der Waals surface area contributed by atoms with Crippen LogP contribution >= 0.6 is 11.3 Å². The second-order valence-corrected chi connectivity index (χ2v) is 8.00. The molecule has 26 heavy (non-hydrogen) atoms. The minimum Gasteiger partial charge on any atom is -0.316 e. The molecule has 1 saturated heterocycles. The van der Waals surface area contributed by atoms with Crippen molar-refractivity contribution in [3.8, 4) is 10.4 Å². The maximum atomic E-state index is 14.4. The summed E-state index contributed by atoms with van der Waals surface area (Å²) in [7, 11) is 0. The molecule has 0 aromatic carbocycles. The van der Waals surface area contributed by atoms with E-state index in [2.05, 4.69) is 28.5 Å². The molecule has 0 spiro atoms. The van der Waals surface area contributed by atoms with Gasteiger partial charge in [0, 0.05) is 46.4 Å². The molecule has 0 radical (unpaired) electrons. The second kappa shape index (κ2) is 6.14. The van der Waals surface area contributed by atoms with Crippen molar-refractivity contribution in [2.24, 2.45) is 0 Å². The molecule has 1 atom stereocenters. The van der Waals surface area contributed by atoms with Crippen LogP contribution in [0.4, 0.5) is 4.39 Å². The molecule has 1 aliphatic heterocycles. The smallest absolute Gasteiger partial charge is 0.173 e. The van der Waals surface area contributed by atoms with Crippen molar-refractivity contribution in [2.45, 2.75) is 25.7 Å². The second-order valence-electron chi connectivity index (χ2n) is 6.97. The molecule has 4 aromatic rings. The summed E-state index contributed by atoms with van der Waals surface area (Å²) in [6, 6.07) is 7.95. The van der Waals surface area contributed by atoms with Crippen LogP contribution in [0.15, 0.2) is 36.7 Å². The number of imidazole rings is 1. The number of halogens is 1. The summed E-state index contributed by atoms with van der Waals surface area (Å²) in [6.07, 6.45) is 6.17. The Morgan fingerprint density at radius 3 is 3.00 bits per heavy atom. The molecule has 132 valence electrons. The highest BCUT2D eigenvalue weighted by atomic mass is 32.1. The summed E-state index contributed by atoms with van der Waals surface area (Å²) in [5, 5.41) is 4.56. The molecule has 1 fully saturated rings. The normalized spacial score (nSPS) is 18.0. The van der Waals surface area contributed by atoms with Crippen LogP contribution in [0.5, 0.6) is 0 Å². The quantitative estimate of drug-likeness (QED) is 0.567. The summed E-state index contributed by atoms with van der Waals surface area (Å²) >= 11 is 1.62. The molecular weight excluding hydrogens is 347 g/mol. The van der Waals surface area contributed by atoms with Gasteiger partial charge in [-0.1, -0.05) is 6.07 Å². The Morgan fingerprint density at radius 1 is 1.23 bits per heavy atom. The lowest BCUT2D eigenvalue weighted by atomic mass is 9.95. The average molecular weight is 366 g/mol. The average Bonchev–Trinajstić information content (AvgIpc) is 3.24. The van der Waals surface area contributed by atoms with Crippen LogP contribution in [0.3, 0.4) is 0 Å². The fraction of sp³-hybridized carbons (Fsp3) is 0.300. The Labute approximate surface area is 154 Å². The summed E-state index contributed by atoms with van der Waals surface area (Å²) in [6.45, 7) is 3.97. The van der Waals surface area contributed by atoms with Crippen LogP contribution in [-0.2, 0) is 0 Å². The molecule has 1 N–H and O–H groups in total. The lowest BCUT2D eigenvalue weighted by molar-refractivity contribution is 0.455. The fourth-order valence-electron chi connectivity index (χ4n) is 3.72. The number of thiophene rings is 1. The maximum absolute atomic E-state index is 14.4. The number of fused-ring (bicyclic) bond motifs is 2. The van der Waals surface area contributed by atoms with Crippen LogP contribution in [0.1, 0.15) is 30.1 Å². The molecular formula is C20H19FN4S. The molecule has 0 bridgehead atoms. The molecule has 6 heteroatoms. The summed E-state index contributed by atoms with van der Waals surface area (Å²) in [5.74, 6) is 0.191. The van der Waals surface area contributed by atoms with Gasteiger partial charge in [0.1, 0.15) is 4.83 Å². The van der Waals surface area contributed by atoms with Gasteiger partial charge in [-0.15, -0.1) is 11.3 Å². The molecule has 4 nitrogen and oxygen atoms in total. The third kappa shape index (κ3) is 2.70. The Bertz CT molecular complexity index is 1110. The van der Waals surface area contributed by atoms with E-state index in [4.69, 9.17) is 4.98 Å². The third-order valence-corrected chi connectivity index (χ3v) is 6.12. The van der Waals surface area contributed by atoms with E-state index in [0.717, 1.165) is 45.1 Å². The highest BCUT2D eigenvalue weighted by Crippen LogP contribution is 2.34. The monoisotopic (exact) mass is 366 g/mol. The first-order valence-electron chi connectivity index (χ1n) is 8.94. The SMILES string of the molecule is Cc1cn2cc(-c3cc4ccc(C5CCCNC5)nc4s3)cc(F)c2n1. The number of piperidine rings is 1. The van der Waals surface area contributed by atoms with Gasteiger partial charge >= 0.3 is 0 Å². The topological polar surface area (TPSA) is 42.2 Å². The highest BCUT2D eigenvalue weighted by molar-refractivity contribution is 7.21. The van der Waals surface area contributed by atoms with Gasteiger partial charge in [-0.2, -0.15) is 0 Å². The van der Waals surface area contributed by atoms with Crippen LogP contribution in [0.25, 0.3) is 26.3 Å². The summed E-state index contributed by atoms with van der Waals surface area (Å²) in [4.78, 5) is 11.2. The van der Waals surface area contributed by atoms with Gasteiger partial charge in [-0.3, -0.25) is 0 Å². The van der Waals surface area contributed by atoms with Crippen molar-refractivity contribution in [2.75, 3.05) is 13.1 Å². The Morgan fingerprint density at radius 2 is 2.15 bits per heavy atom. The van der Waals surface area contributed by atoms with Gasteiger partial charge in [0.05, 0.1) is 5.69 Å². The van der Waals surface area contributed by atoms with Gasteiger partial charge < -0.3 is 9.72 Å². The zero-order valence-corrected chi connectivity index (χ0v) is 15.3. The van der Waals surface area contributed by atoms with Gasteiger partial charge in [-0.05, 0) is 44.5 Å². The number of pyridine rings is 2. The first-order valence-corrected chi connectivity index (χ1v) is 9.75. The number of nitrogens with zero attached hydrogens (tertiary/aromatic N) is 3. The molecule has 1 unspecified atom stereocenters. The number of aromatic nitrogens is 3. The largest absolute Gasteiger partial charge is 0.316 e. The van der Waals surface area contributed by atoms with Gasteiger partial charge in [-0.25, -0.2) is 14.4 Å². The Kier molecular flexibility index (Phi) is 3.76. The van der Waals surface area contributed by atoms with E-state index >= 15 is 0 Å². The van der Waals surface area contributed by atoms with Crippen molar-refractivity contribution in [3.05, 3.63) is 53.9 Å². The first kappa shape index (κ1) is 15.9. The van der Waals surface area contributed by atoms with Gasteiger partial charge in [0.2, 0.25) is 0 Å². The lowest BCUT2D eigenvalue weighted by Crippen LogP contribution is -2.28. The maximum Gasteiger partial charge on any atom is 0.173 e. The molecule has 4 aromatic heterocycles. The standard InChI is InChI=1S/C20H19FN4S/c1-12-10-25-11-15(7-16(21)19(25)23-12)18-8-13-4-5-17(24-20(13)26-18)14-3-2-6-22-9-14/h4-5,7-8,10-11,14,22H,2-3,6,9H2,1H3. The minimum absolute atomic E-state index is 0.296. The molecule has 0 amide bonds. The van der Waals surface area contributed by atoms with Gasteiger partial charge in [0.15, 0.2) is 11.5 Å². The first-order chi connectivity index (χ1) is 12.7. The predicted molar refractivity (Wildman–Crippen MR) is 103 cm³/mol. The highest BCUT2D eigenvalue weighted by Gasteiger charge is 2.18. The van der Waals surface area contributed by atoms with Crippen LogP contribution in [0, 0.1) is 12.7 Å². The predicted octanol–water partition coefficient (Wildman–Crippen LogP) is 4.53. The summed E-state index contributed by atoms with van der Waals surface area (Å²) in [5.41, 5.74) is 3.20. The zero-order chi connectivity index (χ0) is 17.7.